The molecule has 0 spiro atoms. The molecular formula is C65H106O53. The summed E-state index contributed by atoms with van der Waals surface area (Å²) >= 11 is 0. The zero-order valence-electron chi connectivity index (χ0n) is 61.9. The summed E-state index contributed by atoms with van der Waals surface area (Å²) in [5, 5.41) is 302. The SMILES string of the molecule is OC[C@@H]1O[C@@H](OC2[C@H](O[C@@H]3CO[C@H](O[C@@H]4CO[C@H](O[C@@H]5CO[C@H](O[C@@H]6CO[C@H](O[C@@H]7CO[C@H](O[C@@H]8CO[C@H](O[C@@H]9CO[C@H](O[C@@H]%10CO[C@H](O[C@@H]%11CO[C@@H](O[C@@H]%12CO[C@@H](O)C(O)[C@H]%12O)C(O)[C@H]%11O)C(O)[C@H]%10O)C(O)[C@H]9O)C(O)[C@H]8O)C(O)[C@H]7O)C(O)[C@H]6O)C(O)[C@H]5O)C(O)[C@H]4O)C(O)[C@H]3O)OC[C@@H](O)[C@@H]2O[C@@H]2O[C@@H](CO)[C@@H](O)C2O)C(O)[C@@H]1O. The van der Waals surface area contributed by atoms with Gasteiger partial charge in [-0.15, -0.1) is 0 Å². The lowest BCUT2D eigenvalue weighted by atomic mass is 10.0. The van der Waals surface area contributed by atoms with E-state index in [-0.39, 0.29) is 0 Å². The molecule has 13 saturated heterocycles. The van der Waals surface area contributed by atoms with Crippen molar-refractivity contribution in [2.75, 3.05) is 85.9 Å². The predicted molar refractivity (Wildman–Crippen MR) is 349 cm³/mol. The third-order valence-electron chi connectivity index (χ3n) is 22.4. The van der Waals surface area contributed by atoms with Gasteiger partial charge in [-0.25, -0.2) is 0 Å². The first-order valence-electron chi connectivity index (χ1n) is 38.0. The molecule has 13 aliphatic heterocycles. The number of ether oxygens (including phenoxy) is 25. The van der Waals surface area contributed by atoms with Gasteiger partial charge in [-0.3, -0.25) is 0 Å². The fraction of sp³-hybridized carbons (Fsp3) is 1.00. The first-order valence-corrected chi connectivity index (χ1v) is 38.0. The van der Waals surface area contributed by atoms with Gasteiger partial charge in [-0.05, 0) is 0 Å². The highest BCUT2D eigenvalue weighted by Crippen LogP contribution is 2.39. The van der Waals surface area contributed by atoms with E-state index >= 15 is 0 Å². The minimum atomic E-state index is -2.01. The van der Waals surface area contributed by atoms with Crippen LogP contribution in [0, 0.1) is 0 Å². The van der Waals surface area contributed by atoms with Crippen molar-refractivity contribution in [3.8, 4) is 0 Å². The van der Waals surface area contributed by atoms with Gasteiger partial charge >= 0.3 is 0 Å². The molecule has 0 saturated carbocycles. The molecule has 52 atom stereocenters. The smallest absolute Gasteiger partial charge is 0.187 e. The van der Waals surface area contributed by atoms with E-state index < -0.39 is 406 Å². The summed E-state index contributed by atoms with van der Waals surface area (Å²) in [6, 6.07) is 0. The van der Waals surface area contributed by atoms with E-state index in [1.54, 1.807) is 0 Å². The third kappa shape index (κ3) is 20.1. The van der Waals surface area contributed by atoms with Gasteiger partial charge in [0.05, 0.1) is 85.9 Å². The van der Waals surface area contributed by atoms with Crippen molar-refractivity contribution in [1.82, 2.24) is 0 Å². The molecule has 0 amide bonds. The van der Waals surface area contributed by atoms with Crippen molar-refractivity contribution in [2.45, 2.75) is 320 Å². The van der Waals surface area contributed by atoms with Gasteiger partial charge < -0.3 is 261 Å². The number of aliphatic hydroxyl groups excluding tert-OH is 28. The Labute approximate surface area is 665 Å². The second-order valence-corrected chi connectivity index (χ2v) is 30.5. The van der Waals surface area contributed by atoms with Crippen LogP contribution in [0.25, 0.3) is 0 Å². The predicted octanol–water partition coefficient (Wildman–Crippen LogP) is -21.0. The maximum absolute atomic E-state index is 11.3. The van der Waals surface area contributed by atoms with Gasteiger partial charge in [0.2, 0.25) is 0 Å². The molecule has 13 heterocycles. The molecule has 0 bridgehead atoms. The maximum atomic E-state index is 11.3. The van der Waals surface area contributed by atoms with E-state index in [2.05, 4.69) is 0 Å². The second kappa shape index (κ2) is 40.5. The fourth-order valence-corrected chi connectivity index (χ4v) is 15.1. The maximum Gasteiger partial charge on any atom is 0.187 e. The van der Waals surface area contributed by atoms with Gasteiger partial charge in [0.15, 0.2) is 81.8 Å². The Morgan fingerprint density at radius 2 is 0.347 bits per heavy atom. The molecule has 28 N–H and O–H groups in total. The van der Waals surface area contributed by atoms with Crippen LogP contribution < -0.4 is 0 Å². The summed E-state index contributed by atoms with van der Waals surface area (Å²) in [4.78, 5) is 0. The molecule has 13 unspecified atom stereocenters. The van der Waals surface area contributed by atoms with Crippen molar-refractivity contribution >= 4 is 0 Å². The van der Waals surface area contributed by atoms with E-state index in [4.69, 9.17) is 118 Å². The average molecular weight is 1740 g/mol. The summed E-state index contributed by atoms with van der Waals surface area (Å²) in [6.45, 7) is -7.82. The molecule has 0 aliphatic carbocycles. The van der Waals surface area contributed by atoms with Crippen molar-refractivity contribution in [2.24, 2.45) is 0 Å². The highest BCUT2D eigenvalue weighted by molar-refractivity contribution is 5.00. The zero-order valence-corrected chi connectivity index (χ0v) is 61.9. The van der Waals surface area contributed by atoms with Crippen molar-refractivity contribution in [1.29, 1.82) is 0 Å². The molecule has 0 aromatic carbocycles. The van der Waals surface area contributed by atoms with Gasteiger partial charge in [0.1, 0.15) is 238 Å². The lowest BCUT2D eigenvalue weighted by molar-refractivity contribution is -0.373. The van der Waals surface area contributed by atoms with E-state index in [9.17, 15) is 143 Å². The number of rotatable bonds is 26. The summed E-state index contributed by atoms with van der Waals surface area (Å²) in [5.74, 6) is 0. The van der Waals surface area contributed by atoms with E-state index in [1.165, 1.54) is 0 Å². The zero-order chi connectivity index (χ0) is 84.9. The second-order valence-electron chi connectivity index (χ2n) is 30.5. The van der Waals surface area contributed by atoms with Gasteiger partial charge in [0, 0.05) is 0 Å². The van der Waals surface area contributed by atoms with Crippen LogP contribution in [0.4, 0.5) is 0 Å². The van der Waals surface area contributed by atoms with Crippen LogP contribution in [-0.4, -0.2) is 549 Å². The quantitative estimate of drug-likeness (QED) is 0.0382. The Morgan fingerprint density at radius 3 is 0.559 bits per heavy atom. The molecule has 53 heteroatoms. The lowest BCUT2D eigenvalue weighted by Crippen LogP contribution is -2.64. The fourth-order valence-electron chi connectivity index (χ4n) is 15.1. The minimum Gasteiger partial charge on any atom is -0.394 e. The summed E-state index contributed by atoms with van der Waals surface area (Å²) < 4.78 is 140. The van der Waals surface area contributed by atoms with Crippen LogP contribution in [0.5, 0.6) is 0 Å². The van der Waals surface area contributed by atoms with Gasteiger partial charge in [-0.1, -0.05) is 0 Å². The minimum absolute atomic E-state index is 0.410. The first-order chi connectivity index (χ1) is 56.2. The van der Waals surface area contributed by atoms with Crippen LogP contribution in [0.2, 0.25) is 0 Å². The molecule has 53 nitrogen and oxygen atoms in total. The Morgan fingerprint density at radius 1 is 0.169 bits per heavy atom. The highest BCUT2D eigenvalue weighted by Gasteiger charge is 2.59. The number of hydrogen-bond donors (Lipinski definition) is 28. The molecule has 0 radical (unpaired) electrons. The first kappa shape index (κ1) is 93.5. The number of hydrogen-bond acceptors (Lipinski definition) is 53. The normalized spacial score (nSPS) is 54.6. The molecule has 118 heavy (non-hydrogen) atoms. The molecular weight excluding hydrogens is 1630 g/mol. The van der Waals surface area contributed by atoms with E-state index in [1.807, 2.05) is 0 Å². The highest BCUT2D eigenvalue weighted by atomic mass is 16.8. The topological polar surface area (TPSA) is 797 Å². The Balaban J connectivity index is 0.504. The van der Waals surface area contributed by atoms with Gasteiger partial charge in [0.25, 0.3) is 0 Å². The van der Waals surface area contributed by atoms with Crippen molar-refractivity contribution in [3.63, 3.8) is 0 Å². The van der Waals surface area contributed by atoms with Crippen LogP contribution in [0.3, 0.4) is 0 Å². The van der Waals surface area contributed by atoms with Crippen molar-refractivity contribution in [3.05, 3.63) is 0 Å². The molecule has 13 aliphatic rings. The number of aliphatic hydroxyl groups is 28. The largest absolute Gasteiger partial charge is 0.394 e. The lowest BCUT2D eigenvalue weighted by Gasteiger charge is -2.46. The summed E-state index contributed by atoms with van der Waals surface area (Å²) in [7, 11) is 0. The monoisotopic (exact) mass is 1730 g/mol. The van der Waals surface area contributed by atoms with E-state index in [0.717, 1.165) is 0 Å². The Hall–Kier alpha value is -2.12. The van der Waals surface area contributed by atoms with Crippen LogP contribution in [-0.2, 0) is 118 Å². The van der Waals surface area contributed by atoms with Crippen LogP contribution in [0.15, 0.2) is 0 Å². The molecule has 684 valence electrons. The molecule has 13 fully saturated rings. The van der Waals surface area contributed by atoms with Crippen LogP contribution >= 0.6 is 0 Å². The summed E-state index contributed by atoms with van der Waals surface area (Å²) in [6.07, 6.45) is -89.8. The molecule has 0 aromatic rings. The Kier molecular flexibility index (Phi) is 32.1. The standard InChI is InChI=1S/C65H106O53/c66-1-15-27(69)49(91)63(105-15)117-51-14(68)3-95-65(52(51)118-64-50(92)28(70)16(2-67)106-64)116-26-13-104-62(48(90)38(26)80)115-25-12-103-61(47(89)37(25)79)114-24-11-102-60(46(88)36(24)78)113-23-10-101-59(45(87)35(23)77)112-22-9-100-58(44(86)34(22)76)111-21-8-99-57(43(85)33(21)75)110-20-7-98-56(42(84)32(20)74)109-19-6-97-55(41(83)31(19)73)108-18-5-96-54(40(82)30(18)72)107-17-4-94-53(93)39(81)29(17)71/h14-93H,1-13H2/t14-,15+,16+,17-,18-,19-,20-,21-,22-,23-,24-,25-,26-,27-,28-,29+,30+,31+,32+,33+,34+,35+,36+,37+,38+,39?,40?,41?,42?,43?,44?,45?,46?,47?,48?,49?,50?,51+,52?,53-,54+,55-,56-,57-,58-,59-,60-,61-,62-,63+,64+,65+/m1/s1. The average Bonchev–Trinajstić information content (AvgIpc) is 1.39. The third-order valence-corrected chi connectivity index (χ3v) is 22.4. The van der Waals surface area contributed by atoms with Crippen LogP contribution in [0.1, 0.15) is 0 Å². The summed E-state index contributed by atoms with van der Waals surface area (Å²) in [5.41, 5.74) is 0. The molecule has 0 aromatic heterocycles. The van der Waals surface area contributed by atoms with Crippen molar-refractivity contribution < 1.29 is 261 Å². The van der Waals surface area contributed by atoms with Gasteiger partial charge in [-0.2, -0.15) is 0 Å². The Bertz CT molecular complexity index is 3070. The van der Waals surface area contributed by atoms with E-state index in [0.29, 0.717) is 0 Å². The molecule has 13 rings (SSSR count).